The van der Waals surface area contributed by atoms with Crippen molar-refractivity contribution in [2.45, 2.75) is 18.9 Å². The summed E-state index contributed by atoms with van der Waals surface area (Å²) in [6.45, 7) is 1.34. The highest BCUT2D eigenvalue weighted by molar-refractivity contribution is 5.66. The maximum absolute atomic E-state index is 10.9. The van der Waals surface area contributed by atoms with E-state index in [-0.39, 0.29) is 11.9 Å². The zero-order chi connectivity index (χ0) is 15.1. The molecule has 0 saturated heterocycles. The Kier molecular flexibility index (Phi) is 5.29. The lowest BCUT2D eigenvalue weighted by Gasteiger charge is -2.20. The van der Waals surface area contributed by atoms with Crippen molar-refractivity contribution in [1.82, 2.24) is 0 Å². The Hall–Kier alpha value is -2.39. The molecule has 21 heavy (non-hydrogen) atoms. The van der Waals surface area contributed by atoms with E-state index in [9.17, 15) is 9.90 Å². The smallest absolute Gasteiger partial charge is 0.307 e. The molecule has 3 heteroatoms. The lowest BCUT2D eigenvalue weighted by atomic mass is 9.89. The Labute approximate surface area is 124 Å². The maximum Gasteiger partial charge on any atom is 0.307 e. The minimum Gasteiger partial charge on any atom is -0.435 e. The monoisotopic (exact) mass is 282 g/mol. The van der Waals surface area contributed by atoms with Crippen molar-refractivity contribution in [1.29, 1.82) is 0 Å². The van der Waals surface area contributed by atoms with Crippen molar-refractivity contribution in [3.63, 3.8) is 0 Å². The number of aliphatic hydroxyl groups is 1. The molecule has 1 N–H and O–H groups in total. The number of carbonyl (C=O) groups is 1. The predicted molar refractivity (Wildman–Crippen MR) is 81.5 cm³/mol. The third kappa shape index (κ3) is 4.29. The van der Waals surface area contributed by atoms with Crippen molar-refractivity contribution < 1.29 is 14.6 Å². The molecule has 0 amide bonds. The van der Waals surface area contributed by atoms with Crippen LogP contribution in [0, 0.1) is 0 Å². The van der Waals surface area contributed by atoms with Crippen LogP contribution in [0.3, 0.4) is 0 Å². The van der Waals surface area contributed by atoms with Crippen molar-refractivity contribution >= 4 is 5.97 Å². The summed E-state index contributed by atoms with van der Waals surface area (Å²) in [6, 6.07) is 19.1. The number of benzene rings is 2. The van der Waals surface area contributed by atoms with Gasteiger partial charge in [0.15, 0.2) is 0 Å². The molecule has 0 spiro atoms. The molecule has 2 rings (SSSR count). The van der Waals surface area contributed by atoms with E-state index in [0.717, 1.165) is 11.1 Å². The van der Waals surface area contributed by atoms with Gasteiger partial charge in [-0.3, -0.25) is 4.79 Å². The Bertz CT molecular complexity index is 590. The molecule has 0 aliphatic heterocycles. The summed E-state index contributed by atoms with van der Waals surface area (Å²) in [5, 5.41) is 10.6. The van der Waals surface area contributed by atoms with Gasteiger partial charge in [-0.1, -0.05) is 60.7 Å². The van der Waals surface area contributed by atoms with Crippen molar-refractivity contribution in [2.75, 3.05) is 0 Å². The standard InChI is InChI=1S/C18H18O3/c1-14(19)21-13-12-17(15-8-4-2-5-9-15)18(20)16-10-6-3-7-11-16/h2-13,17-18,20H,1H3/b13-12-/t17-,18-/m1/s1. The summed E-state index contributed by atoms with van der Waals surface area (Å²) in [7, 11) is 0. The highest BCUT2D eigenvalue weighted by Gasteiger charge is 2.20. The molecule has 3 nitrogen and oxygen atoms in total. The third-order valence-corrected chi connectivity index (χ3v) is 3.19. The van der Waals surface area contributed by atoms with Crippen LogP contribution in [0.25, 0.3) is 0 Å². The van der Waals surface area contributed by atoms with Gasteiger partial charge in [0.25, 0.3) is 0 Å². The number of hydrogen-bond donors (Lipinski definition) is 1. The Morgan fingerprint density at radius 1 is 1.00 bits per heavy atom. The van der Waals surface area contributed by atoms with Gasteiger partial charge in [-0.2, -0.15) is 0 Å². The molecule has 0 fully saturated rings. The third-order valence-electron chi connectivity index (χ3n) is 3.19. The van der Waals surface area contributed by atoms with E-state index >= 15 is 0 Å². The molecule has 0 aliphatic rings. The minimum absolute atomic E-state index is 0.284. The van der Waals surface area contributed by atoms with Crippen LogP contribution in [0.4, 0.5) is 0 Å². The molecule has 0 bridgehead atoms. The molecule has 0 radical (unpaired) electrons. The largest absolute Gasteiger partial charge is 0.435 e. The highest BCUT2D eigenvalue weighted by Crippen LogP contribution is 2.32. The molecule has 2 atom stereocenters. The summed E-state index contributed by atoms with van der Waals surface area (Å²) in [5.74, 6) is -0.666. The van der Waals surface area contributed by atoms with E-state index in [1.165, 1.54) is 13.2 Å². The summed E-state index contributed by atoms with van der Waals surface area (Å²) < 4.78 is 4.85. The van der Waals surface area contributed by atoms with Crippen LogP contribution in [0.15, 0.2) is 73.0 Å². The first-order chi connectivity index (χ1) is 10.2. The van der Waals surface area contributed by atoms with Crippen LogP contribution < -0.4 is 0 Å². The van der Waals surface area contributed by atoms with Crippen LogP contribution >= 0.6 is 0 Å². The first-order valence-electron chi connectivity index (χ1n) is 6.80. The van der Waals surface area contributed by atoms with E-state index in [1.54, 1.807) is 6.08 Å². The molecule has 0 saturated carbocycles. The zero-order valence-electron chi connectivity index (χ0n) is 11.8. The van der Waals surface area contributed by atoms with Gasteiger partial charge in [-0.05, 0) is 17.2 Å². The summed E-state index contributed by atoms with van der Waals surface area (Å²) >= 11 is 0. The van der Waals surface area contributed by atoms with Crippen LogP contribution in [0.2, 0.25) is 0 Å². The molecule has 0 aliphatic carbocycles. The number of aliphatic hydroxyl groups excluding tert-OH is 1. The Morgan fingerprint density at radius 3 is 2.05 bits per heavy atom. The molecular weight excluding hydrogens is 264 g/mol. The van der Waals surface area contributed by atoms with E-state index in [0.29, 0.717) is 0 Å². The summed E-state index contributed by atoms with van der Waals surface area (Å²) in [5.41, 5.74) is 1.77. The fourth-order valence-electron chi connectivity index (χ4n) is 2.15. The normalized spacial score (nSPS) is 13.8. The van der Waals surface area contributed by atoms with Crippen LogP contribution in [0.5, 0.6) is 0 Å². The van der Waals surface area contributed by atoms with Gasteiger partial charge in [0.2, 0.25) is 0 Å². The van der Waals surface area contributed by atoms with E-state index in [1.807, 2.05) is 60.7 Å². The lowest BCUT2D eigenvalue weighted by molar-refractivity contribution is -0.135. The van der Waals surface area contributed by atoms with Gasteiger partial charge in [0.05, 0.1) is 12.4 Å². The van der Waals surface area contributed by atoms with Crippen LogP contribution in [0.1, 0.15) is 30.1 Å². The van der Waals surface area contributed by atoms with Crippen LogP contribution in [-0.2, 0) is 9.53 Å². The zero-order valence-corrected chi connectivity index (χ0v) is 11.8. The van der Waals surface area contributed by atoms with Crippen molar-refractivity contribution in [2.24, 2.45) is 0 Å². The minimum atomic E-state index is -0.708. The molecule has 0 heterocycles. The van der Waals surface area contributed by atoms with Gasteiger partial charge in [0, 0.05) is 12.8 Å². The molecule has 0 aromatic heterocycles. The Balaban J connectivity index is 2.27. The van der Waals surface area contributed by atoms with Gasteiger partial charge in [-0.25, -0.2) is 0 Å². The van der Waals surface area contributed by atoms with Gasteiger partial charge in [-0.15, -0.1) is 0 Å². The number of hydrogen-bond acceptors (Lipinski definition) is 3. The molecule has 2 aromatic carbocycles. The number of esters is 1. The molecule has 2 aromatic rings. The maximum atomic E-state index is 10.9. The molecule has 0 unspecified atom stereocenters. The second kappa shape index (κ2) is 7.41. The average molecular weight is 282 g/mol. The predicted octanol–water partition coefficient (Wildman–Crippen LogP) is 3.58. The van der Waals surface area contributed by atoms with E-state index in [2.05, 4.69) is 0 Å². The SMILES string of the molecule is CC(=O)O/C=C\[C@H](c1ccccc1)[C@H](O)c1ccccc1. The summed E-state index contributed by atoms with van der Waals surface area (Å²) in [4.78, 5) is 10.9. The molecule has 108 valence electrons. The quantitative estimate of drug-likeness (QED) is 0.673. The average Bonchev–Trinajstić information content (AvgIpc) is 2.52. The summed E-state index contributed by atoms with van der Waals surface area (Å²) in [6.07, 6.45) is 2.33. The van der Waals surface area contributed by atoms with Gasteiger partial charge >= 0.3 is 5.97 Å². The van der Waals surface area contributed by atoms with Gasteiger partial charge < -0.3 is 9.84 Å². The number of ether oxygens (including phenoxy) is 1. The van der Waals surface area contributed by atoms with E-state index < -0.39 is 6.10 Å². The van der Waals surface area contributed by atoms with E-state index in [4.69, 9.17) is 4.74 Å². The number of rotatable bonds is 5. The Morgan fingerprint density at radius 2 is 1.52 bits per heavy atom. The second-order valence-corrected chi connectivity index (χ2v) is 4.73. The van der Waals surface area contributed by atoms with Gasteiger partial charge in [0.1, 0.15) is 0 Å². The lowest BCUT2D eigenvalue weighted by Crippen LogP contribution is -2.09. The fraction of sp³-hybridized carbons (Fsp3) is 0.167. The highest BCUT2D eigenvalue weighted by atomic mass is 16.5. The fourth-order valence-corrected chi connectivity index (χ4v) is 2.15. The molecular formula is C18H18O3. The van der Waals surface area contributed by atoms with Crippen molar-refractivity contribution in [3.8, 4) is 0 Å². The topological polar surface area (TPSA) is 46.5 Å². The first kappa shape index (κ1) is 15.0. The second-order valence-electron chi connectivity index (χ2n) is 4.73. The van der Waals surface area contributed by atoms with Crippen LogP contribution in [-0.4, -0.2) is 11.1 Å². The number of carbonyl (C=O) groups excluding carboxylic acids is 1. The van der Waals surface area contributed by atoms with Crippen molar-refractivity contribution in [3.05, 3.63) is 84.1 Å². The first-order valence-corrected chi connectivity index (χ1v) is 6.80.